The molecule has 0 aliphatic heterocycles. The second-order valence-electron chi connectivity index (χ2n) is 4.22. The van der Waals surface area contributed by atoms with Gasteiger partial charge in [-0.15, -0.1) is 0 Å². The van der Waals surface area contributed by atoms with E-state index in [2.05, 4.69) is 10.3 Å². The van der Waals surface area contributed by atoms with Crippen molar-refractivity contribution in [1.29, 1.82) is 0 Å². The van der Waals surface area contributed by atoms with Gasteiger partial charge in [-0.2, -0.15) is 0 Å². The van der Waals surface area contributed by atoms with Crippen molar-refractivity contribution >= 4 is 17.5 Å². The molecule has 0 fully saturated rings. The van der Waals surface area contributed by atoms with Crippen molar-refractivity contribution < 1.29 is 14.6 Å². The number of carbonyl (C=O) groups excluding carboxylic acids is 1. The van der Waals surface area contributed by atoms with E-state index >= 15 is 0 Å². The smallest absolute Gasteiger partial charge is 0.270 e. The molecule has 0 aliphatic rings. The van der Waals surface area contributed by atoms with E-state index in [9.17, 15) is 4.79 Å². The van der Waals surface area contributed by atoms with Crippen LogP contribution in [0.3, 0.4) is 0 Å². The lowest BCUT2D eigenvalue weighted by atomic mass is 10.2. The Balaban J connectivity index is 2.01. The molecule has 1 amide bonds. The Labute approximate surface area is 127 Å². The van der Waals surface area contributed by atoms with Gasteiger partial charge in [0.05, 0.1) is 6.61 Å². The molecule has 0 aliphatic carbocycles. The predicted octanol–water partition coefficient (Wildman–Crippen LogP) is 2.04. The number of amides is 1. The van der Waals surface area contributed by atoms with Gasteiger partial charge in [0.25, 0.3) is 5.91 Å². The Morgan fingerprint density at radius 1 is 1.33 bits per heavy atom. The van der Waals surface area contributed by atoms with Gasteiger partial charge < -0.3 is 15.2 Å². The molecular weight excluding hydrogens is 292 g/mol. The second-order valence-corrected chi connectivity index (χ2v) is 4.66. The molecule has 0 unspecified atom stereocenters. The molecule has 1 aromatic heterocycles. The fourth-order valence-electron chi connectivity index (χ4n) is 1.74. The van der Waals surface area contributed by atoms with Crippen LogP contribution >= 0.6 is 11.6 Å². The first-order chi connectivity index (χ1) is 10.2. The first-order valence-electron chi connectivity index (χ1n) is 6.42. The number of ether oxygens (including phenoxy) is 1. The normalized spacial score (nSPS) is 10.2. The van der Waals surface area contributed by atoms with Crippen LogP contribution in [0, 0.1) is 0 Å². The summed E-state index contributed by atoms with van der Waals surface area (Å²) in [4.78, 5) is 15.9. The van der Waals surface area contributed by atoms with Crippen LogP contribution < -0.4 is 10.1 Å². The Bertz CT molecular complexity index is 619. The maximum absolute atomic E-state index is 12.0. The molecule has 2 rings (SSSR count). The van der Waals surface area contributed by atoms with Crippen molar-refractivity contribution in [1.82, 2.24) is 10.3 Å². The van der Waals surface area contributed by atoms with Crippen LogP contribution in [0.1, 0.15) is 16.1 Å². The fraction of sp³-hybridized carbons (Fsp3) is 0.200. The number of aliphatic hydroxyl groups is 1. The lowest BCUT2D eigenvalue weighted by molar-refractivity contribution is 0.0945. The third-order valence-corrected chi connectivity index (χ3v) is 2.95. The Kier molecular flexibility index (Phi) is 5.54. The highest BCUT2D eigenvalue weighted by molar-refractivity contribution is 6.30. The quantitative estimate of drug-likeness (QED) is 0.856. The van der Waals surface area contributed by atoms with Gasteiger partial charge in [-0.3, -0.25) is 9.78 Å². The van der Waals surface area contributed by atoms with E-state index in [1.807, 2.05) is 18.2 Å². The molecule has 6 heteroatoms. The number of nitrogens with zero attached hydrogens (tertiary/aromatic N) is 1. The Morgan fingerprint density at radius 2 is 2.14 bits per heavy atom. The van der Waals surface area contributed by atoms with Gasteiger partial charge in [0.1, 0.15) is 18.1 Å². The Morgan fingerprint density at radius 3 is 2.90 bits per heavy atom. The molecule has 1 aromatic carbocycles. The SMILES string of the molecule is O=C(NCc1ccccc1OCCO)c1cc(Cl)ccn1. The fourth-order valence-corrected chi connectivity index (χ4v) is 1.90. The standard InChI is InChI=1S/C15H15ClN2O3/c16-12-5-6-17-13(9-12)15(20)18-10-11-3-1-2-4-14(11)21-8-7-19/h1-6,9,19H,7-8,10H2,(H,18,20). The zero-order chi connectivity index (χ0) is 15.1. The molecule has 0 radical (unpaired) electrons. The van der Waals surface area contributed by atoms with Crippen LogP contribution in [0.5, 0.6) is 5.75 Å². The van der Waals surface area contributed by atoms with E-state index in [0.29, 0.717) is 17.3 Å². The van der Waals surface area contributed by atoms with Gasteiger partial charge in [-0.05, 0) is 18.2 Å². The maximum atomic E-state index is 12.0. The summed E-state index contributed by atoms with van der Waals surface area (Å²) in [7, 11) is 0. The van der Waals surface area contributed by atoms with Crippen LogP contribution in [-0.2, 0) is 6.54 Å². The minimum Gasteiger partial charge on any atom is -0.491 e. The Hall–Kier alpha value is -2.11. The summed E-state index contributed by atoms with van der Waals surface area (Å²) < 4.78 is 5.41. The van der Waals surface area contributed by atoms with E-state index in [1.165, 1.54) is 12.3 Å². The number of pyridine rings is 1. The molecule has 0 spiro atoms. The monoisotopic (exact) mass is 306 g/mol. The summed E-state index contributed by atoms with van der Waals surface area (Å²) in [6.07, 6.45) is 1.48. The molecule has 21 heavy (non-hydrogen) atoms. The number of carbonyl (C=O) groups is 1. The highest BCUT2D eigenvalue weighted by Gasteiger charge is 2.09. The lowest BCUT2D eigenvalue weighted by Crippen LogP contribution is -2.24. The number of para-hydroxylation sites is 1. The van der Waals surface area contributed by atoms with Crippen molar-refractivity contribution in [3.63, 3.8) is 0 Å². The van der Waals surface area contributed by atoms with Crippen molar-refractivity contribution in [2.45, 2.75) is 6.54 Å². The minimum absolute atomic E-state index is 0.0624. The van der Waals surface area contributed by atoms with E-state index in [1.54, 1.807) is 12.1 Å². The first-order valence-corrected chi connectivity index (χ1v) is 6.80. The summed E-state index contributed by atoms with van der Waals surface area (Å²) in [6, 6.07) is 10.4. The molecule has 0 bridgehead atoms. The van der Waals surface area contributed by atoms with Gasteiger partial charge in [-0.25, -0.2) is 0 Å². The van der Waals surface area contributed by atoms with Crippen LogP contribution in [0.4, 0.5) is 0 Å². The van der Waals surface area contributed by atoms with Crippen molar-refractivity contribution in [2.24, 2.45) is 0 Å². The van der Waals surface area contributed by atoms with Gasteiger partial charge in [0.15, 0.2) is 0 Å². The van der Waals surface area contributed by atoms with Crippen molar-refractivity contribution in [2.75, 3.05) is 13.2 Å². The van der Waals surface area contributed by atoms with Gasteiger partial charge in [0.2, 0.25) is 0 Å². The summed E-state index contributed by atoms with van der Waals surface area (Å²) >= 11 is 5.82. The number of aromatic nitrogens is 1. The van der Waals surface area contributed by atoms with Crippen LogP contribution in [-0.4, -0.2) is 29.2 Å². The van der Waals surface area contributed by atoms with Crippen molar-refractivity contribution in [3.05, 3.63) is 58.9 Å². The second kappa shape index (κ2) is 7.61. The minimum atomic E-state index is -0.311. The van der Waals surface area contributed by atoms with Crippen LogP contribution in [0.15, 0.2) is 42.6 Å². The van der Waals surface area contributed by atoms with E-state index in [-0.39, 0.29) is 24.8 Å². The summed E-state index contributed by atoms with van der Waals surface area (Å²) in [5, 5.41) is 12.0. The van der Waals surface area contributed by atoms with Crippen molar-refractivity contribution in [3.8, 4) is 5.75 Å². The maximum Gasteiger partial charge on any atom is 0.270 e. The number of rotatable bonds is 6. The molecule has 0 saturated carbocycles. The molecule has 0 atom stereocenters. The zero-order valence-electron chi connectivity index (χ0n) is 11.3. The molecule has 2 aromatic rings. The van der Waals surface area contributed by atoms with E-state index in [4.69, 9.17) is 21.4 Å². The lowest BCUT2D eigenvalue weighted by Gasteiger charge is -2.11. The zero-order valence-corrected chi connectivity index (χ0v) is 12.0. The number of nitrogens with one attached hydrogen (secondary N) is 1. The highest BCUT2D eigenvalue weighted by atomic mass is 35.5. The average Bonchev–Trinajstić information content (AvgIpc) is 2.51. The largest absolute Gasteiger partial charge is 0.491 e. The number of hydrogen-bond acceptors (Lipinski definition) is 4. The molecule has 5 nitrogen and oxygen atoms in total. The predicted molar refractivity (Wildman–Crippen MR) is 79.4 cm³/mol. The first kappa shape index (κ1) is 15.3. The number of benzene rings is 1. The third-order valence-electron chi connectivity index (χ3n) is 2.72. The summed E-state index contributed by atoms with van der Waals surface area (Å²) in [5.41, 5.74) is 1.08. The molecular formula is C15H15ClN2O3. The molecule has 110 valence electrons. The summed E-state index contributed by atoms with van der Waals surface area (Å²) in [6.45, 7) is 0.447. The number of hydrogen-bond donors (Lipinski definition) is 2. The van der Waals surface area contributed by atoms with E-state index < -0.39 is 0 Å². The number of aliphatic hydroxyl groups excluding tert-OH is 1. The average molecular weight is 307 g/mol. The molecule has 0 saturated heterocycles. The van der Waals surface area contributed by atoms with Crippen LogP contribution in [0.2, 0.25) is 5.02 Å². The number of halogens is 1. The summed E-state index contributed by atoms with van der Waals surface area (Å²) in [5.74, 6) is 0.320. The third kappa shape index (κ3) is 4.44. The van der Waals surface area contributed by atoms with Gasteiger partial charge in [0, 0.05) is 23.3 Å². The molecule has 1 heterocycles. The molecule has 2 N–H and O–H groups in total. The topological polar surface area (TPSA) is 71.5 Å². The highest BCUT2D eigenvalue weighted by Crippen LogP contribution is 2.17. The van der Waals surface area contributed by atoms with Gasteiger partial charge in [-0.1, -0.05) is 29.8 Å². The van der Waals surface area contributed by atoms with Crippen LogP contribution in [0.25, 0.3) is 0 Å². The van der Waals surface area contributed by atoms with Gasteiger partial charge >= 0.3 is 0 Å². The van der Waals surface area contributed by atoms with E-state index in [0.717, 1.165) is 5.56 Å².